The van der Waals surface area contributed by atoms with Gasteiger partial charge in [0.25, 0.3) is 0 Å². The van der Waals surface area contributed by atoms with Gasteiger partial charge in [-0.25, -0.2) is 9.82 Å². The predicted molar refractivity (Wildman–Crippen MR) is 127 cm³/mol. The van der Waals surface area contributed by atoms with Crippen LogP contribution in [0, 0.1) is 19.7 Å². The standard InChI is InChI=1S/C22H15Br2ClFN3O2/c1-11-5-14(12(2)29(11)16-3-4-19(26)18(25)9-16)10-27-28-22(30)20-7-13-6-15(23)8-17(24)21(13)31-20/h3-10H,1-2H3,(H,28,30)/b27-10-. The van der Waals surface area contributed by atoms with E-state index in [1.165, 1.54) is 6.07 Å². The third kappa shape index (κ3) is 4.33. The molecule has 0 radical (unpaired) electrons. The summed E-state index contributed by atoms with van der Waals surface area (Å²) in [5, 5.41) is 4.91. The highest BCUT2D eigenvalue weighted by Crippen LogP contribution is 2.31. The van der Waals surface area contributed by atoms with E-state index in [9.17, 15) is 9.18 Å². The minimum atomic E-state index is -0.470. The van der Waals surface area contributed by atoms with E-state index < -0.39 is 11.7 Å². The van der Waals surface area contributed by atoms with E-state index >= 15 is 0 Å². The molecule has 0 spiro atoms. The third-order valence-corrected chi connectivity index (χ3v) is 6.10. The van der Waals surface area contributed by atoms with Gasteiger partial charge in [-0.15, -0.1) is 0 Å². The molecule has 0 aliphatic rings. The van der Waals surface area contributed by atoms with Gasteiger partial charge >= 0.3 is 5.91 Å². The number of hydrogen-bond acceptors (Lipinski definition) is 3. The Morgan fingerprint density at radius 1 is 1.19 bits per heavy atom. The van der Waals surface area contributed by atoms with E-state index in [0.717, 1.165) is 37.0 Å². The number of rotatable bonds is 4. The molecule has 0 bridgehead atoms. The van der Waals surface area contributed by atoms with Gasteiger partial charge in [0.05, 0.1) is 15.7 Å². The van der Waals surface area contributed by atoms with Crippen molar-refractivity contribution in [3.8, 4) is 5.69 Å². The maximum atomic E-state index is 13.5. The Balaban J connectivity index is 1.55. The number of hydrogen-bond donors (Lipinski definition) is 1. The monoisotopic (exact) mass is 565 g/mol. The van der Waals surface area contributed by atoms with Gasteiger partial charge in [0.1, 0.15) is 11.4 Å². The first-order chi connectivity index (χ1) is 14.7. The van der Waals surface area contributed by atoms with Gasteiger partial charge in [0, 0.05) is 32.5 Å². The lowest BCUT2D eigenvalue weighted by Gasteiger charge is -2.10. The highest BCUT2D eigenvalue weighted by atomic mass is 79.9. The van der Waals surface area contributed by atoms with Crippen LogP contribution in [0.2, 0.25) is 5.02 Å². The summed E-state index contributed by atoms with van der Waals surface area (Å²) >= 11 is 12.8. The summed E-state index contributed by atoms with van der Waals surface area (Å²) in [6.45, 7) is 3.83. The van der Waals surface area contributed by atoms with Crippen LogP contribution in [-0.4, -0.2) is 16.7 Å². The second kappa shape index (κ2) is 8.61. The maximum Gasteiger partial charge on any atom is 0.307 e. The molecule has 9 heteroatoms. The summed E-state index contributed by atoms with van der Waals surface area (Å²) in [5.41, 5.74) is 6.40. The molecule has 1 amide bonds. The minimum absolute atomic E-state index is 0.0528. The zero-order valence-corrected chi connectivity index (χ0v) is 20.3. The summed E-state index contributed by atoms with van der Waals surface area (Å²) < 4.78 is 22.7. The number of furan rings is 1. The number of fused-ring (bicyclic) bond motifs is 1. The van der Waals surface area contributed by atoms with Gasteiger partial charge < -0.3 is 8.98 Å². The lowest BCUT2D eigenvalue weighted by Crippen LogP contribution is -2.16. The third-order valence-electron chi connectivity index (χ3n) is 4.76. The number of carbonyl (C=O) groups is 1. The van der Waals surface area contributed by atoms with Crippen molar-refractivity contribution in [2.45, 2.75) is 13.8 Å². The molecule has 0 aliphatic heterocycles. The van der Waals surface area contributed by atoms with Gasteiger partial charge in [-0.05, 0) is 72.2 Å². The van der Waals surface area contributed by atoms with E-state index in [2.05, 4.69) is 42.4 Å². The number of carbonyl (C=O) groups excluding carboxylic acids is 1. The zero-order chi connectivity index (χ0) is 22.3. The molecule has 5 nitrogen and oxygen atoms in total. The number of aryl methyl sites for hydroxylation is 1. The fraction of sp³-hybridized carbons (Fsp3) is 0.0909. The first-order valence-electron chi connectivity index (χ1n) is 9.11. The fourth-order valence-corrected chi connectivity index (χ4v) is 4.86. The first-order valence-corrected chi connectivity index (χ1v) is 11.1. The van der Waals surface area contributed by atoms with Gasteiger partial charge in [-0.3, -0.25) is 4.79 Å². The van der Waals surface area contributed by atoms with Crippen LogP contribution in [0.1, 0.15) is 27.5 Å². The van der Waals surface area contributed by atoms with Crippen molar-refractivity contribution in [2.75, 3.05) is 0 Å². The largest absolute Gasteiger partial charge is 0.450 e. The molecule has 0 unspecified atom stereocenters. The Labute approximate surface area is 199 Å². The highest BCUT2D eigenvalue weighted by molar-refractivity contribution is 9.11. The number of aromatic nitrogens is 1. The van der Waals surface area contributed by atoms with Crippen LogP contribution in [-0.2, 0) is 0 Å². The van der Waals surface area contributed by atoms with E-state index in [1.54, 1.807) is 24.4 Å². The molecular formula is C22H15Br2ClFN3O2. The second-order valence-corrected chi connectivity index (χ2v) is 9.05. The molecule has 0 aliphatic carbocycles. The Morgan fingerprint density at radius 3 is 2.71 bits per heavy atom. The Hall–Kier alpha value is -2.42. The topological polar surface area (TPSA) is 59.5 Å². The van der Waals surface area contributed by atoms with Crippen LogP contribution in [0.25, 0.3) is 16.7 Å². The van der Waals surface area contributed by atoms with Crippen LogP contribution < -0.4 is 5.43 Å². The van der Waals surface area contributed by atoms with E-state index in [0.29, 0.717) is 5.58 Å². The van der Waals surface area contributed by atoms with Crippen molar-refractivity contribution in [3.63, 3.8) is 0 Å². The van der Waals surface area contributed by atoms with Crippen LogP contribution in [0.15, 0.2) is 60.9 Å². The molecule has 2 aromatic heterocycles. The summed E-state index contributed by atoms with van der Waals surface area (Å²) in [5.74, 6) is -0.783. The maximum absolute atomic E-state index is 13.5. The second-order valence-electron chi connectivity index (χ2n) is 6.88. The first kappa shape index (κ1) is 21.8. The van der Waals surface area contributed by atoms with Crippen molar-refractivity contribution in [1.29, 1.82) is 0 Å². The Kier molecular flexibility index (Phi) is 6.05. The summed E-state index contributed by atoms with van der Waals surface area (Å²) in [6.07, 6.45) is 1.55. The van der Waals surface area contributed by atoms with Crippen molar-refractivity contribution >= 4 is 66.6 Å². The van der Waals surface area contributed by atoms with Crippen molar-refractivity contribution < 1.29 is 13.6 Å². The number of halogens is 4. The van der Waals surface area contributed by atoms with E-state index in [1.807, 2.05) is 36.6 Å². The molecule has 1 N–H and O–H groups in total. The summed E-state index contributed by atoms with van der Waals surface area (Å²) in [7, 11) is 0. The summed E-state index contributed by atoms with van der Waals surface area (Å²) in [6, 6.07) is 11.8. The lowest BCUT2D eigenvalue weighted by molar-refractivity contribution is 0.0929. The van der Waals surface area contributed by atoms with Gasteiger partial charge in [0.15, 0.2) is 5.76 Å². The Morgan fingerprint density at radius 2 is 1.97 bits per heavy atom. The number of nitrogens with one attached hydrogen (secondary N) is 1. The molecule has 31 heavy (non-hydrogen) atoms. The van der Waals surface area contributed by atoms with Crippen molar-refractivity contribution in [3.05, 3.63) is 85.0 Å². The normalized spacial score (nSPS) is 11.5. The van der Waals surface area contributed by atoms with Gasteiger partial charge in [0.2, 0.25) is 0 Å². The van der Waals surface area contributed by atoms with Crippen LogP contribution >= 0.6 is 43.5 Å². The molecule has 4 rings (SSSR count). The number of amides is 1. The number of benzene rings is 2. The molecule has 158 valence electrons. The molecule has 4 aromatic rings. The Bertz CT molecular complexity index is 1360. The predicted octanol–water partition coefficient (Wildman–Crippen LogP) is 6.92. The number of hydrazone groups is 1. The molecule has 0 saturated carbocycles. The van der Waals surface area contributed by atoms with Crippen molar-refractivity contribution in [1.82, 2.24) is 9.99 Å². The quantitative estimate of drug-likeness (QED) is 0.215. The van der Waals surface area contributed by atoms with Crippen LogP contribution in [0.3, 0.4) is 0 Å². The van der Waals surface area contributed by atoms with E-state index in [4.69, 9.17) is 16.0 Å². The van der Waals surface area contributed by atoms with Gasteiger partial charge in [-0.2, -0.15) is 5.10 Å². The molecule has 0 fully saturated rings. The number of nitrogens with zero attached hydrogens (tertiary/aromatic N) is 2. The zero-order valence-electron chi connectivity index (χ0n) is 16.3. The molecule has 0 atom stereocenters. The van der Waals surface area contributed by atoms with Crippen LogP contribution in [0.4, 0.5) is 4.39 Å². The van der Waals surface area contributed by atoms with Crippen molar-refractivity contribution in [2.24, 2.45) is 5.10 Å². The van der Waals surface area contributed by atoms with E-state index in [-0.39, 0.29) is 10.8 Å². The van der Waals surface area contributed by atoms with Crippen LogP contribution in [0.5, 0.6) is 0 Å². The molecule has 0 saturated heterocycles. The molecule has 2 heterocycles. The SMILES string of the molecule is Cc1cc(/C=N\NC(=O)c2cc3cc(Br)cc(Br)c3o2)c(C)n1-c1ccc(F)c(Cl)c1. The lowest BCUT2D eigenvalue weighted by atomic mass is 10.2. The fourth-order valence-electron chi connectivity index (χ4n) is 3.34. The average Bonchev–Trinajstić information content (AvgIpc) is 3.25. The smallest absolute Gasteiger partial charge is 0.307 e. The minimum Gasteiger partial charge on any atom is -0.450 e. The molecular weight excluding hydrogens is 553 g/mol. The highest BCUT2D eigenvalue weighted by Gasteiger charge is 2.15. The molecule has 2 aromatic carbocycles. The summed E-state index contributed by atoms with van der Waals surface area (Å²) in [4.78, 5) is 12.4. The average molecular weight is 568 g/mol. The van der Waals surface area contributed by atoms with Gasteiger partial charge in [-0.1, -0.05) is 27.5 Å².